The van der Waals surface area contributed by atoms with Crippen LogP contribution >= 0.6 is 0 Å². The third-order valence-electron chi connectivity index (χ3n) is 4.89. The Morgan fingerprint density at radius 1 is 0.643 bits per heavy atom. The van der Waals surface area contributed by atoms with Gasteiger partial charge in [0.25, 0.3) is 0 Å². The molecule has 0 bridgehead atoms. The van der Waals surface area contributed by atoms with E-state index >= 15 is 0 Å². The second-order valence-electron chi connectivity index (χ2n) is 7.00. The second kappa shape index (κ2) is 6.82. The van der Waals surface area contributed by atoms with Crippen LogP contribution in [0.5, 0.6) is 0 Å². The van der Waals surface area contributed by atoms with E-state index in [1.807, 2.05) is 49.1 Å². The van der Waals surface area contributed by atoms with Gasteiger partial charge in [0.15, 0.2) is 0 Å². The van der Waals surface area contributed by atoms with E-state index in [2.05, 4.69) is 57.2 Å². The quantitative estimate of drug-likeness (QED) is 0.417. The highest BCUT2D eigenvalue weighted by molar-refractivity contribution is 6.02. The van der Waals surface area contributed by atoms with E-state index < -0.39 is 0 Å². The van der Waals surface area contributed by atoms with Crippen molar-refractivity contribution in [3.05, 3.63) is 96.1 Å². The minimum Gasteiger partial charge on any atom is -0.255 e. The Hall–Kier alpha value is -3.66. The first-order chi connectivity index (χ1) is 13.8. The fourth-order valence-electron chi connectivity index (χ4n) is 3.47. The lowest BCUT2D eigenvalue weighted by molar-refractivity contribution is 1.12. The van der Waals surface area contributed by atoms with Gasteiger partial charge in [-0.05, 0) is 53.9 Å². The minimum atomic E-state index is 0.789. The molecule has 0 amide bonds. The van der Waals surface area contributed by atoms with Crippen LogP contribution in [0, 0.1) is 6.92 Å². The summed E-state index contributed by atoms with van der Waals surface area (Å²) in [6.45, 7) is 2.06. The van der Waals surface area contributed by atoms with Crippen LogP contribution in [0.2, 0.25) is 0 Å². The highest BCUT2D eigenvalue weighted by Gasteiger charge is 2.06. The first-order valence-corrected chi connectivity index (χ1v) is 9.27. The molecular weight excluding hydrogens is 344 g/mol. The van der Waals surface area contributed by atoms with Crippen LogP contribution in [-0.2, 0) is 6.42 Å². The molecule has 1 aromatic carbocycles. The van der Waals surface area contributed by atoms with Crippen LogP contribution < -0.4 is 0 Å². The van der Waals surface area contributed by atoms with Crippen LogP contribution in [0.1, 0.15) is 16.7 Å². The fourth-order valence-corrected chi connectivity index (χ4v) is 3.47. The summed E-state index contributed by atoms with van der Waals surface area (Å²) in [5.74, 6) is 0. The summed E-state index contributed by atoms with van der Waals surface area (Å²) >= 11 is 0. The van der Waals surface area contributed by atoms with E-state index in [0.29, 0.717) is 0 Å². The molecule has 5 aromatic rings. The molecule has 0 unspecified atom stereocenters. The lowest BCUT2D eigenvalue weighted by atomic mass is 10.0. The number of rotatable bonds is 3. The Balaban J connectivity index is 1.44. The fraction of sp³-hybridized carbons (Fsp3) is 0.0833. The van der Waals surface area contributed by atoms with Gasteiger partial charge < -0.3 is 0 Å². The predicted molar refractivity (Wildman–Crippen MR) is 112 cm³/mol. The zero-order valence-corrected chi connectivity index (χ0v) is 15.5. The van der Waals surface area contributed by atoms with Crippen molar-refractivity contribution in [2.24, 2.45) is 0 Å². The van der Waals surface area contributed by atoms with Crippen molar-refractivity contribution in [3.63, 3.8) is 0 Å². The largest absolute Gasteiger partial charge is 0.255 e. The van der Waals surface area contributed by atoms with Crippen LogP contribution in [0.15, 0.2) is 79.4 Å². The monoisotopic (exact) mass is 362 g/mol. The number of fused-ring (bicyclic) bond motifs is 3. The van der Waals surface area contributed by atoms with E-state index in [0.717, 1.165) is 50.7 Å². The van der Waals surface area contributed by atoms with Gasteiger partial charge in [0.1, 0.15) is 0 Å². The molecule has 28 heavy (non-hydrogen) atoms. The first kappa shape index (κ1) is 16.5. The Kier molecular flexibility index (Phi) is 4.02. The number of hydrogen-bond donors (Lipinski definition) is 0. The smallest absolute Gasteiger partial charge is 0.0964 e. The molecule has 0 radical (unpaired) electrons. The molecule has 0 saturated carbocycles. The van der Waals surface area contributed by atoms with Gasteiger partial charge in [0.2, 0.25) is 0 Å². The lowest BCUT2D eigenvalue weighted by Gasteiger charge is -2.07. The van der Waals surface area contributed by atoms with Gasteiger partial charge in [0.05, 0.1) is 22.4 Å². The van der Waals surface area contributed by atoms with E-state index in [-0.39, 0.29) is 0 Å². The SMILES string of the molecule is Cc1ccnc(-c2ccc(Cc3cnc4c(ccc5cccnc54)c3)cn2)c1. The molecule has 0 aliphatic rings. The Labute approximate surface area is 163 Å². The normalized spacial score (nSPS) is 11.2. The zero-order chi connectivity index (χ0) is 18.9. The molecule has 0 atom stereocenters. The van der Waals surface area contributed by atoms with E-state index in [1.165, 1.54) is 5.56 Å². The molecule has 0 N–H and O–H groups in total. The van der Waals surface area contributed by atoms with Gasteiger partial charge in [0, 0.05) is 42.0 Å². The number of pyridine rings is 4. The summed E-state index contributed by atoms with van der Waals surface area (Å²) < 4.78 is 0. The molecule has 134 valence electrons. The van der Waals surface area contributed by atoms with Gasteiger partial charge >= 0.3 is 0 Å². The van der Waals surface area contributed by atoms with Crippen molar-refractivity contribution in [1.82, 2.24) is 19.9 Å². The maximum absolute atomic E-state index is 4.69. The molecule has 0 saturated heterocycles. The number of benzene rings is 1. The third-order valence-corrected chi connectivity index (χ3v) is 4.89. The van der Waals surface area contributed by atoms with E-state index in [1.54, 1.807) is 0 Å². The lowest BCUT2D eigenvalue weighted by Crippen LogP contribution is -1.94. The average Bonchev–Trinajstić information content (AvgIpc) is 2.74. The van der Waals surface area contributed by atoms with Gasteiger partial charge in [-0.15, -0.1) is 0 Å². The Morgan fingerprint density at radius 2 is 1.50 bits per heavy atom. The topological polar surface area (TPSA) is 51.6 Å². The summed E-state index contributed by atoms with van der Waals surface area (Å²) in [6, 6.07) is 18.6. The molecule has 0 aliphatic heterocycles. The Morgan fingerprint density at radius 3 is 2.36 bits per heavy atom. The molecule has 0 fully saturated rings. The van der Waals surface area contributed by atoms with E-state index in [9.17, 15) is 0 Å². The van der Waals surface area contributed by atoms with Gasteiger partial charge in [-0.2, -0.15) is 0 Å². The second-order valence-corrected chi connectivity index (χ2v) is 7.00. The van der Waals surface area contributed by atoms with Crippen LogP contribution in [0.3, 0.4) is 0 Å². The highest BCUT2D eigenvalue weighted by Crippen LogP contribution is 2.23. The number of aryl methyl sites for hydroxylation is 1. The van der Waals surface area contributed by atoms with Crippen molar-refractivity contribution in [2.75, 3.05) is 0 Å². The standard InChI is InChI=1S/C24H18N4/c1-16-8-10-25-22(11-16)21-7-4-17(14-27-21)12-18-13-20-6-5-19-3-2-9-26-23(19)24(20)28-15-18/h2-11,13-15H,12H2,1H3. The molecular formula is C24H18N4. The molecule has 4 heterocycles. The highest BCUT2D eigenvalue weighted by atomic mass is 14.8. The van der Waals surface area contributed by atoms with Crippen LogP contribution in [0.4, 0.5) is 0 Å². The van der Waals surface area contributed by atoms with Gasteiger partial charge in [-0.25, -0.2) is 0 Å². The summed E-state index contributed by atoms with van der Waals surface area (Å²) in [5, 5.41) is 2.22. The first-order valence-electron chi connectivity index (χ1n) is 9.27. The zero-order valence-electron chi connectivity index (χ0n) is 15.5. The minimum absolute atomic E-state index is 0.789. The molecule has 5 rings (SSSR count). The number of hydrogen-bond acceptors (Lipinski definition) is 4. The summed E-state index contributed by atoms with van der Waals surface area (Å²) in [7, 11) is 0. The Bertz CT molecular complexity index is 1290. The molecule has 0 aliphatic carbocycles. The summed E-state index contributed by atoms with van der Waals surface area (Å²) in [6.07, 6.45) is 8.28. The van der Waals surface area contributed by atoms with Crippen molar-refractivity contribution in [3.8, 4) is 11.4 Å². The third kappa shape index (κ3) is 3.09. The average molecular weight is 362 g/mol. The van der Waals surface area contributed by atoms with Crippen molar-refractivity contribution in [2.45, 2.75) is 13.3 Å². The maximum atomic E-state index is 4.69. The molecule has 0 spiro atoms. The van der Waals surface area contributed by atoms with Crippen LogP contribution in [0.25, 0.3) is 33.2 Å². The van der Waals surface area contributed by atoms with E-state index in [4.69, 9.17) is 0 Å². The van der Waals surface area contributed by atoms with Gasteiger partial charge in [-0.3, -0.25) is 19.9 Å². The number of nitrogens with zero attached hydrogens (tertiary/aromatic N) is 4. The molecule has 4 aromatic heterocycles. The summed E-state index contributed by atoms with van der Waals surface area (Å²) in [5.41, 5.74) is 7.17. The predicted octanol–water partition coefficient (Wildman–Crippen LogP) is 5.14. The number of aromatic nitrogens is 4. The van der Waals surface area contributed by atoms with Crippen molar-refractivity contribution >= 4 is 21.8 Å². The van der Waals surface area contributed by atoms with Crippen LogP contribution in [-0.4, -0.2) is 19.9 Å². The molecule has 4 heteroatoms. The van der Waals surface area contributed by atoms with Gasteiger partial charge in [-0.1, -0.05) is 24.3 Å². The molecule has 4 nitrogen and oxygen atoms in total. The van der Waals surface area contributed by atoms with Crippen molar-refractivity contribution < 1.29 is 0 Å². The summed E-state index contributed by atoms with van der Waals surface area (Å²) in [4.78, 5) is 18.2. The maximum Gasteiger partial charge on any atom is 0.0964 e. The van der Waals surface area contributed by atoms with Crippen molar-refractivity contribution in [1.29, 1.82) is 0 Å².